The summed E-state index contributed by atoms with van der Waals surface area (Å²) in [6.45, 7) is 10.1. The molecule has 0 unspecified atom stereocenters. The van der Waals surface area contributed by atoms with E-state index in [1.165, 1.54) is 0 Å². The van der Waals surface area contributed by atoms with Crippen molar-refractivity contribution < 1.29 is 14.3 Å². The molecule has 0 spiro atoms. The van der Waals surface area contributed by atoms with Crippen molar-refractivity contribution in [2.75, 3.05) is 32.9 Å². The lowest BCUT2D eigenvalue weighted by atomic mass is 9.93. The Balaban J connectivity index is 1.25. The fourth-order valence-electron chi connectivity index (χ4n) is 3.92. The molecule has 4 rings (SSSR count). The van der Waals surface area contributed by atoms with Gasteiger partial charge in [0.1, 0.15) is 0 Å². The van der Waals surface area contributed by atoms with Crippen LogP contribution in [-0.4, -0.2) is 64.5 Å². The molecule has 0 radical (unpaired) electrons. The van der Waals surface area contributed by atoms with Crippen molar-refractivity contribution in [3.63, 3.8) is 0 Å². The van der Waals surface area contributed by atoms with Crippen molar-refractivity contribution in [1.29, 1.82) is 0 Å². The second-order valence-corrected chi connectivity index (χ2v) is 9.43. The highest BCUT2D eigenvalue weighted by Crippen LogP contribution is 2.23. The van der Waals surface area contributed by atoms with Crippen LogP contribution in [-0.2, 0) is 10.2 Å². The maximum atomic E-state index is 12.5. The van der Waals surface area contributed by atoms with E-state index < -0.39 is 0 Å². The van der Waals surface area contributed by atoms with Crippen molar-refractivity contribution in [3.05, 3.63) is 24.0 Å². The molecule has 2 fully saturated rings. The molecule has 0 saturated carbocycles. The molecule has 4 heterocycles. The molecular formula is C22H33N5O3. The van der Waals surface area contributed by atoms with Gasteiger partial charge in [-0.25, -0.2) is 14.3 Å². The average Bonchev–Trinajstić information content (AvgIpc) is 3.17. The van der Waals surface area contributed by atoms with Crippen molar-refractivity contribution in [2.24, 2.45) is 5.92 Å². The van der Waals surface area contributed by atoms with Crippen LogP contribution in [0.15, 0.2) is 18.3 Å². The highest BCUT2D eigenvalue weighted by Gasteiger charge is 2.25. The van der Waals surface area contributed by atoms with Gasteiger partial charge in [0.25, 0.3) is 0 Å². The van der Waals surface area contributed by atoms with Crippen LogP contribution in [0.2, 0.25) is 0 Å². The van der Waals surface area contributed by atoms with Crippen LogP contribution in [0, 0.1) is 5.92 Å². The van der Waals surface area contributed by atoms with Crippen LogP contribution < -0.4 is 10.1 Å². The summed E-state index contributed by atoms with van der Waals surface area (Å²) in [7, 11) is 0. The van der Waals surface area contributed by atoms with E-state index in [4.69, 9.17) is 9.47 Å². The minimum atomic E-state index is -0.0141. The lowest BCUT2D eigenvalue weighted by Crippen LogP contribution is -2.49. The van der Waals surface area contributed by atoms with Crippen molar-refractivity contribution in [1.82, 2.24) is 24.8 Å². The van der Waals surface area contributed by atoms with Gasteiger partial charge in [0.05, 0.1) is 18.5 Å². The molecule has 30 heavy (non-hydrogen) atoms. The molecule has 2 aromatic heterocycles. The lowest BCUT2D eigenvalue weighted by Gasteiger charge is -2.33. The standard InChI is InChI=1S/C22H33N5O3/c1-22(2,3)18-14-27-19(24-18)4-5-20(25-27)30-15-16-6-10-26(11-7-16)21(28)23-17-8-12-29-13-9-17/h4-5,14,16-17H,6-13,15H2,1-3H3,(H,23,28). The number of fused-ring (bicyclic) bond motifs is 1. The Morgan fingerprint density at radius 1 is 1.20 bits per heavy atom. The summed E-state index contributed by atoms with van der Waals surface area (Å²) in [4.78, 5) is 19.0. The lowest BCUT2D eigenvalue weighted by molar-refractivity contribution is 0.0765. The number of ether oxygens (including phenoxy) is 2. The molecule has 8 heteroatoms. The SMILES string of the molecule is CC(C)(C)c1cn2nc(OCC3CCN(C(=O)NC4CCOCC4)CC3)ccc2n1. The number of carbonyl (C=O) groups is 1. The number of nitrogens with zero attached hydrogens (tertiary/aromatic N) is 4. The topological polar surface area (TPSA) is 81.0 Å². The predicted molar refractivity (Wildman–Crippen MR) is 114 cm³/mol. The number of urea groups is 1. The smallest absolute Gasteiger partial charge is 0.317 e. The third-order valence-electron chi connectivity index (χ3n) is 5.98. The molecule has 2 aromatic rings. The molecule has 2 amide bonds. The summed E-state index contributed by atoms with van der Waals surface area (Å²) < 4.78 is 13.1. The Hall–Kier alpha value is -2.35. The van der Waals surface area contributed by atoms with Gasteiger partial charge in [-0.3, -0.25) is 0 Å². The van der Waals surface area contributed by atoms with E-state index in [1.807, 2.05) is 23.2 Å². The van der Waals surface area contributed by atoms with Crippen molar-refractivity contribution in [3.8, 4) is 5.88 Å². The van der Waals surface area contributed by atoms with Gasteiger partial charge in [0, 0.05) is 43.8 Å². The number of hydrogen-bond donors (Lipinski definition) is 1. The van der Waals surface area contributed by atoms with Crippen molar-refractivity contribution in [2.45, 2.75) is 57.9 Å². The van der Waals surface area contributed by atoms with E-state index in [1.54, 1.807) is 4.52 Å². The first-order valence-corrected chi connectivity index (χ1v) is 11.0. The monoisotopic (exact) mass is 415 g/mol. The van der Waals surface area contributed by atoms with Crippen LogP contribution in [0.1, 0.15) is 52.1 Å². The molecular weight excluding hydrogens is 382 g/mol. The summed E-state index contributed by atoms with van der Waals surface area (Å²) in [5.74, 6) is 1.04. The summed E-state index contributed by atoms with van der Waals surface area (Å²) in [5, 5.41) is 7.70. The first kappa shape index (κ1) is 20.9. The highest BCUT2D eigenvalue weighted by molar-refractivity contribution is 5.74. The van der Waals surface area contributed by atoms with Crippen LogP contribution >= 0.6 is 0 Å². The number of carbonyl (C=O) groups excluding carboxylic acids is 1. The Morgan fingerprint density at radius 2 is 1.93 bits per heavy atom. The first-order chi connectivity index (χ1) is 14.4. The zero-order chi connectivity index (χ0) is 21.1. The molecule has 2 aliphatic rings. The van der Waals surface area contributed by atoms with Crippen LogP contribution in [0.25, 0.3) is 5.65 Å². The van der Waals surface area contributed by atoms with E-state index in [2.05, 4.69) is 36.2 Å². The highest BCUT2D eigenvalue weighted by atomic mass is 16.5. The number of aromatic nitrogens is 3. The Kier molecular flexibility index (Phi) is 6.13. The number of amides is 2. The molecule has 0 aliphatic carbocycles. The largest absolute Gasteiger partial charge is 0.476 e. The van der Waals surface area contributed by atoms with E-state index in [9.17, 15) is 4.79 Å². The number of rotatable bonds is 4. The van der Waals surface area contributed by atoms with E-state index >= 15 is 0 Å². The summed E-state index contributed by atoms with van der Waals surface area (Å²) >= 11 is 0. The number of nitrogens with one attached hydrogen (secondary N) is 1. The van der Waals surface area contributed by atoms with Gasteiger partial charge in [-0.2, -0.15) is 0 Å². The molecule has 1 N–H and O–H groups in total. The van der Waals surface area contributed by atoms with Crippen molar-refractivity contribution >= 4 is 11.7 Å². The van der Waals surface area contributed by atoms with Crippen LogP contribution in [0.3, 0.4) is 0 Å². The maximum Gasteiger partial charge on any atom is 0.317 e. The fourth-order valence-corrected chi connectivity index (χ4v) is 3.92. The second kappa shape index (κ2) is 8.79. The number of imidazole rings is 1. The molecule has 164 valence electrons. The van der Waals surface area contributed by atoms with Crippen LogP contribution in [0.4, 0.5) is 4.79 Å². The molecule has 0 bridgehead atoms. The average molecular weight is 416 g/mol. The van der Waals surface area contributed by atoms with Gasteiger partial charge < -0.3 is 19.7 Å². The number of hydrogen-bond acceptors (Lipinski definition) is 5. The Labute approximate surface area is 177 Å². The summed E-state index contributed by atoms with van der Waals surface area (Å²) in [5.41, 5.74) is 1.83. The minimum absolute atomic E-state index is 0.0141. The third-order valence-corrected chi connectivity index (χ3v) is 5.98. The molecule has 2 saturated heterocycles. The summed E-state index contributed by atoms with van der Waals surface area (Å²) in [6, 6.07) is 4.13. The minimum Gasteiger partial charge on any atom is -0.476 e. The zero-order valence-corrected chi connectivity index (χ0v) is 18.3. The van der Waals surface area contributed by atoms with E-state index in [0.29, 0.717) is 18.4 Å². The zero-order valence-electron chi connectivity index (χ0n) is 18.3. The molecule has 8 nitrogen and oxygen atoms in total. The number of piperidine rings is 1. The summed E-state index contributed by atoms with van der Waals surface area (Å²) in [6.07, 6.45) is 5.67. The first-order valence-electron chi connectivity index (χ1n) is 11.0. The van der Waals surface area contributed by atoms with E-state index in [-0.39, 0.29) is 17.5 Å². The maximum absolute atomic E-state index is 12.5. The quantitative estimate of drug-likeness (QED) is 0.830. The predicted octanol–water partition coefficient (Wildman–Crippen LogP) is 3.01. The molecule has 0 atom stereocenters. The van der Waals surface area contributed by atoms with Crippen LogP contribution in [0.5, 0.6) is 5.88 Å². The third kappa shape index (κ3) is 5.03. The van der Waals surface area contributed by atoms with Gasteiger partial charge in [-0.05, 0) is 37.7 Å². The number of likely N-dealkylation sites (tertiary alicyclic amines) is 1. The van der Waals surface area contributed by atoms with E-state index in [0.717, 1.165) is 63.3 Å². The van der Waals surface area contributed by atoms with Gasteiger partial charge in [-0.15, -0.1) is 5.10 Å². The fraction of sp³-hybridized carbons (Fsp3) is 0.682. The second-order valence-electron chi connectivity index (χ2n) is 9.43. The van der Waals surface area contributed by atoms with Gasteiger partial charge >= 0.3 is 6.03 Å². The Morgan fingerprint density at radius 3 is 2.63 bits per heavy atom. The van der Waals surface area contributed by atoms with Gasteiger partial charge in [0.15, 0.2) is 5.65 Å². The van der Waals surface area contributed by atoms with Gasteiger partial charge in [-0.1, -0.05) is 20.8 Å². The Bertz CT molecular complexity index is 861. The molecule has 2 aliphatic heterocycles. The molecule has 0 aromatic carbocycles. The normalized spacial score (nSPS) is 19.2. The van der Waals surface area contributed by atoms with Gasteiger partial charge in [0.2, 0.25) is 5.88 Å².